The molecule has 0 aliphatic rings. The number of halogens is 3. The fourth-order valence-electron chi connectivity index (χ4n) is 1.79. The number of rotatable bonds is 4. The van der Waals surface area contributed by atoms with E-state index in [2.05, 4.69) is 15.1 Å². The Kier molecular flexibility index (Phi) is 3.73. The molecule has 1 aromatic carbocycles. The molecule has 0 atom stereocenters. The second kappa shape index (κ2) is 5.84. The summed E-state index contributed by atoms with van der Waals surface area (Å²) < 4.78 is 49.5. The highest BCUT2D eigenvalue weighted by Crippen LogP contribution is 2.36. The highest BCUT2D eigenvalue weighted by Gasteiger charge is 2.21. The van der Waals surface area contributed by atoms with Crippen LogP contribution in [-0.2, 0) is 0 Å². The Bertz CT molecular complexity index is 778. The first-order valence-corrected chi connectivity index (χ1v) is 6.12. The Morgan fingerprint density at radius 3 is 2.73 bits per heavy atom. The number of hydrogen-bond acceptors (Lipinski definition) is 5. The van der Waals surface area contributed by atoms with Crippen LogP contribution >= 0.6 is 0 Å². The molecular weight excluding hydrogens is 299 g/mol. The van der Waals surface area contributed by atoms with Crippen LogP contribution in [0.3, 0.4) is 0 Å². The number of nitrogens with zero attached hydrogens (tertiary/aromatic N) is 3. The Hall–Kier alpha value is -2.90. The Morgan fingerprint density at radius 1 is 1.18 bits per heavy atom. The summed E-state index contributed by atoms with van der Waals surface area (Å²) in [6.45, 7) is 0. The van der Waals surface area contributed by atoms with E-state index in [0.717, 1.165) is 12.1 Å². The largest absolute Gasteiger partial charge is 0.438 e. The molecule has 0 saturated carbocycles. The zero-order valence-corrected chi connectivity index (χ0v) is 10.9. The second-order valence-corrected chi connectivity index (χ2v) is 4.18. The molecule has 0 amide bonds. The molecular formula is C14H8F3N3O2. The van der Waals surface area contributed by atoms with E-state index in [1.807, 2.05) is 0 Å². The van der Waals surface area contributed by atoms with Crippen molar-refractivity contribution in [2.45, 2.75) is 6.43 Å². The predicted molar refractivity (Wildman–Crippen MR) is 69.0 cm³/mol. The quantitative estimate of drug-likeness (QED) is 0.729. The molecule has 0 aliphatic heterocycles. The molecule has 112 valence electrons. The van der Waals surface area contributed by atoms with E-state index >= 15 is 0 Å². The van der Waals surface area contributed by atoms with Crippen molar-refractivity contribution in [3.63, 3.8) is 0 Å². The minimum Gasteiger partial charge on any atom is -0.438 e. The smallest absolute Gasteiger partial charge is 0.283 e. The van der Waals surface area contributed by atoms with Crippen molar-refractivity contribution in [3.8, 4) is 23.0 Å². The van der Waals surface area contributed by atoms with Crippen LogP contribution in [-0.4, -0.2) is 15.1 Å². The maximum atomic E-state index is 14.1. The van der Waals surface area contributed by atoms with Crippen molar-refractivity contribution in [1.29, 1.82) is 0 Å². The van der Waals surface area contributed by atoms with Crippen LogP contribution in [0.1, 0.15) is 12.1 Å². The van der Waals surface area contributed by atoms with Crippen LogP contribution in [0.4, 0.5) is 13.2 Å². The molecule has 0 radical (unpaired) electrons. The van der Waals surface area contributed by atoms with Gasteiger partial charge in [-0.15, -0.1) is 0 Å². The standard InChI is InChI=1S/C14H8F3N3O2/c15-8-2-1-3-10(21-12-4-5-18-7-19-12)13(8)11-6-9(14(16)17)20-22-11/h1-7,14H. The summed E-state index contributed by atoms with van der Waals surface area (Å²) in [7, 11) is 0. The van der Waals surface area contributed by atoms with Gasteiger partial charge in [0.25, 0.3) is 6.43 Å². The van der Waals surface area contributed by atoms with E-state index in [1.165, 1.54) is 30.7 Å². The van der Waals surface area contributed by atoms with Gasteiger partial charge in [0, 0.05) is 18.3 Å². The van der Waals surface area contributed by atoms with Gasteiger partial charge in [0.2, 0.25) is 5.88 Å². The molecule has 0 N–H and O–H groups in total. The fourth-order valence-corrected chi connectivity index (χ4v) is 1.79. The molecule has 2 aromatic heterocycles. The summed E-state index contributed by atoms with van der Waals surface area (Å²) in [5, 5.41) is 3.21. The third kappa shape index (κ3) is 2.76. The van der Waals surface area contributed by atoms with Crippen molar-refractivity contribution in [2.24, 2.45) is 0 Å². The van der Waals surface area contributed by atoms with Gasteiger partial charge in [0.15, 0.2) is 5.76 Å². The van der Waals surface area contributed by atoms with Crippen LogP contribution in [0.25, 0.3) is 11.3 Å². The summed E-state index contributed by atoms with van der Waals surface area (Å²) in [5.41, 5.74) is -0.688. The SMILES string of the molecule is Fc1cccc(Oc2ccncn2)c1-c1cc(C(F)F)no1. The van der Waals surface area contributed by atoms with E-state index in [4.69, 9.17) is 9.26 Å². The summed E-state index contributed by atoms with van der Waals surface area (Å²) in [6, 6.07) is 6.48. The van der Waals surface area contributed by atoms with Crippen molar-refractivity contribution < 1.29 is 22.4 Å². The maximum absolute atomic E-state index is 14.1. The van der Waals surface area contributed by atoms with Gasteiger partial charge in [0.1, 0.15) is 23.6 Å². The maximum Gasteiger partial charge on any atom is 0.283 e. The first-order valence-electron chi connectivity index (χ1n) is 6.12. The summed E-state index contributed by atoms with van der Waals surface area (Å²) in [4.78, 5) is 7.58. The van der Waals surface area contributed by atoms with Gasteiger partial charge in [-0.05, 0) is 12.1 Å². The lowest BCUT2D eigenvalue weighted by atomic mass is 10.1. The summed E-state index contributed by atoms with van der Waals surface area (Å²) in [6.07, 6.45) is -0.0991. The van der Waals surface area contributed by atoms with Gasteiger partial charge in [-0.2, -0.15) is 0 Å². The summed E-state index contributed by atoms with van der Waals surface area (Å²) in [5.74, 6) is -0.605. The van der Waals surface area contributed by atoms with E-state index in [9.17, 15) is 13.2 Å². The zero-order chi connectivity index (χ0) is 15.5. The third-order valence-electron chi connectivity index (χ3n) is 2.74. The van der Waals surface area contributed by atoms with E-state index in [1.54, 1.807) is 0 Å². The van der Waals surface area contributed by atoms with Crippen LogP contribution in [0.15, 0.2) is 47.4 Å². The highest BCUT2D eigenvalue weighted by molar-refractivity contribution is 5.67. The second-order valence-electron chi connectivity index (χ2n) is 4.18. The molecule has 22 heavy (non-hydrogen) atoms. The molecule has 8 heteroatoms. The Labute approximate surface area is 122 Å². The zero-order valence-electron chi connectivity index (χ0n) is 10.9. The number of benzene rings is 1. The molecule has 0 fully saturated rings. The topological polar surface area (TPSA) is 61.0 Å². The van der Waals surface area contributed by atoms with Crippen molar-refractivity contribution in [1.82, 2.24) is 15.1 Å². The molecule has 2 heterocycles. The predicted octanol–water partition coefficient (Wildman–Crippen LogP) is 4.00. The number of ether oxygens (including phenoxy) is 1. The third-order valence-corrected chi connectivity index (χ3v) is 2.74. The average Bonchev–Trinajstić information content (AvgIpc) is 2.98. The molecule has 0 saturated heterocycles. The van der Waals surface area contributed by atoms with Gasteiger partial charge in [-0.3, -0.25) is 0 Å². The van der Waals surface area contributed by atoms with Crippen molar-refractivity contribution in [3.05, 3.63) is 54.4 Å². The monoisotopic (exact) mass is 307 g/mol. The lowest BCUT2D eigenvalue weighted by Crippen LogP contribution is -1.93. The molecule has 0 spiro atoms. The van der Waals surface area contributed by atoms with Gasteiger partial charge < -0.3 is 9.26 Å². The van der Waals surface area contributed by atoms with Crippen LogP contribution in [0, 0.1) is 5.82 Å². The van der Waals surface area contributed by atoms with E-state index in [0.29, 0.717) is 0 Å². The molecule has 0 bridgehead atoms. The lowest BCUT2D eigenvalue weighted by Gasteiger charge is -2.08. The first-order chi connectivity index (χ1) is 10.6. The van der Waals surface area contributed by atoms with Gasteiger partial charge in [-0.25, -0.2) is 23.1 Å². The van der Waals surface area contributed by atoms with Gasteiger partial charge >= 0.3 is 0 Å². The Morgan fingerprint density at radius 2 is 2.05 bits per heavy atom. The lowest BCUT2D eigenvalue weighted by molar-refractivity contribution is 0.140. The molecule has 3 rings (SSSR count). The normalized spacial score (nSPS) is 10.9. The average molecular weight is 307 g/mol. The van der Waals surface area contributed by atoms with Gasteiger partial charge in [-0.1, -0.05) is 11.2 Å². The van der Waals surface area contributed by atoms with Crippen molar-refractivity contribution in [2.75, 3.05) is 0 Å². The minimum absolute atomic E-state index is 0.0654. The Balaban J connectivity index is 2.02. The molecule has 0 unspecified atom stereocenters. The number of alkyl halides is 2. The van der Waals surface area contributed by atoms with Gasteiger partial charge in [0.05, 0.1) is 5.56 Å². The van der Waals surface area contributed by atoms with E-state index in [-0.39, 0.29) is 23.0 Å². The number of hydrogen-bond donors (Lipinski definition) is 0. The molecule has 0 aliphatic carbocycles. The van der Waals surface area contributed by atoms with Crippen LogP contribution in [0.5, 0.6) is 11.6 Å². The van der Waals surface area contributed by atoms with E-state index < -0.39 is 17.9 Å². The number of aromatic nitrogens is 3. The highest BCUT2D eigenvalue weighted by atomic mass is 19.3. The fraction of sp³-hybridized carbons (Fsp3) is 0.0714. The van der Waals surface area contributed by atoms with Crippen molar-refractivity contribution >= 4 is 0 Å². The first kappa shape index (κ1) is 14.1. The van der Waals surface area contributed by atoms with Crippen LogP contribution < -0.4 is 4.74 Å². The minimum atomic E-state index is -2.81. The molecule has 3 aromatic rings. The molecule has 5 nitrogen and oxygen atoms in total. The van der Waals surface area contributed by atoms with Crippen LogP contribution in [0.2, 0.25) is 0 Å². The summed E-state index contributed by atoms with van der Waals surface area (Å²) >= 11 is 0.